The maximum atomic E-state index is 11.8. The van der Waals surface area contributed by atoms with Crippen LogP contribution >= 0.6 is 15.9 Å². The zero-order valence-electron chi connectivity index (χ0n) is 13.5. The molecule has 2 rings (SSSR count). The zero-order chi connectivity index (χ0) is 17.2. The SMILES string of the molecule is COC(=O)c1ccc(Br)n1C1C=C[C@H](OC(=O)OC(C)(C)C)C1. The minimum absolute atomic E-state index is 0.110. The molecule has 7 heteroatoms. The first-order valence-corrected chi connectivity index (χ1v) is 8.03. The maximum Gasteiger partial charge on any atom is 0.509 e. The van der Waals surface area contributed by atoms with Gasteiger partial charge in [-0.25, -0.2) is 9.59 Å². The summed E-state index contributed by atoms with van der Waals surface area (Å²) < 4.78 is 17.8. The van der Waals surface area contributed by atoms with Crippen molar-refractivity contribution in [2.75, 3.05) is 7.11 Å². The van der Waals surface area contributed by atoms with E-state index in [2.05, 4.69) is 15.9 Å². The molecule has 0 bridgehead atoms. The van der Waals surface area contributed by atoms with E-state index >= 15 is 0 Å². The maximum absolute atomic E-state index is 11.8. The lowest BCUT2D eigenvalue weighted by molar-refractivity contribution is -0.0192. The van der Waals surface area contributed by atoms with E-state index in [4.69, 9.17) is 14.2 Å². The second-order valence-electron chi connectivity index (χ2n) is 6.21. The van der Waals surface area contributed by atoms with Crippen molar-refractivity contribution >= 4 is 28.1 Å². The third-order valence-corrected chi connectivity index (χ3v) is 3.90. The molecule has 23 heavy (non-hydrogen) atoms. The van der Waals surface area contributed by atoms with E-state index in [9.17, 15) is 9.59 Å². The number of carbonyl (C=O) groups excluding carboxylic acids is 2. The number of rotatable bonds is 3. The van der Waals surface area contributed by atoms with Crippen LogP contribution in [0.2, 0.25) is 0 Å². The lowest BCUT2D eigenvalue weighted by atomic mass is 10.2. The van der Waals surface area contributed by atoms with Crippen molar-refractivity contribution < 1.29 is 23.8 Å². The summed E-state index contributed by atoms with van der Waals surface area (Å²) in [5.41, 5.74) is -0.160. The van der Waals surface area contributed by atoms with Crippen LogP contribution in [0.5, 0.6) is 0 Å². The first-order chi connectivity index (χ1) is 10.7. The quantitative estimate of drug-likeness (QED) is 0.583. The Kier molecular flexibility index (Phi) is 5.19. The number of carbonyl (C=O) groups is 2. The normalized spacial score (nSPS) is 20.4. The lowest BCUT2D eigenvalue weighted by Gasteiger charge is -2.21. The molecule has 0 spiro atoms. The highest BCUT2D eigenvalue weighted by Crippen LogP contribution is 2.31. The highest BCUT2D eigenvalue weighted by molar-refractivity contribution is 9.10. The second-order valence-corrected chi connectivity index (χ2v) is 7.02. The van der Waals surface area contributed by atoms with E-state index in [1.54, 1.807) is 43.5 Å². The van der Waals surface area contributed by atoms with Gasteiger partial charge in [-0.2, -0.15) is 0 Å². The molecule has 1 unspecified atom stereocenters. The van der Waals surface area contributed by atoms with Crippen molar-refractivity contribution in [3.8, 4) is 0 Å². The molecular formula is C16H20BrNO5. The predicted molar refractivity (Wildman–Crippen MR) is 87.4 cm³/mol. The lowest BCUT2D eigenvalue weighted by Crippen LogP contribution is -2.27. The first kappa shape index (κ1) is 17.6. The minimum Gasteiger partial charge on any atom is -0.464 e. The Hall–Kier alpha value is -1.76. The van der Waals surface area contributed by atoms with Crippen LogP contribution in [0, 0.1) is 0 Å². The molecule has 0 saturated carbocycles. The van der Waals surface area contributed by atoms with Gasteiger partial charge in [0.1, 0.15) is 17.4 Å². The zero-order valence-corrected chi connectivity index (χ0v) is 15.1. The largest absolute Gasteiger partial charge is 0.509 e. The van der Waals surface area contributed by atoms with Gasteiger partial charge in [0.05, 0.1) is 17.8 Å². The Morgan fingerprint density at radius 2 is 1.96 bits per heavy atom. The van der Waals surface area contributed by atoms with Gasteiger partial charge in [-0.15, -0.1) is 0 Å². The molecule has 0 N–H and O–H groups in total. The molecule has 0 saturated heterocycles. The number of allylic oxidation sites excluding steroid dienone is 1. The first-order valence-electron chi connectivity index (χ1n) is 7.24. The Labute approximate surface area is 143 Å². The molecule has 6 nitrogen and oxygen atoms in total. The number of ether oxygens (including phenoxy) is 3. The third kappa shape index (κ3) is 4.37. The van der Waals surface area contributed by atoms with Gasteiger partial charge in [0.15, 0.2) is 0 Å². The molecule has 126 valence electrons. The topological polar surface area (TPSA) is 66.8 Å². The smallest absolute Gasteiger partial charge is 0.464 e. The highest BCUT2D eigenvalue weighted by Gasteiger charge is 2.29. The van der Waals surface area contributed by atoms with Crippen LogP contribution < -0.4 is 0 Å². The van der Waals surface area contributed by atoms with Gasteiger partial charge in [-0.1, -0.05) is 6.08 Å². The van der Waals surface area contributed by atoms with Gasteiger partial charge in [-0.3, -0.25) is 0 Å². The fourth-order valence-electron chi connectivity index (χ4n) is 2.36. The summed E-state index contributed by atoms with van der Waals surface area (Å²) in [6.45, 7) is 5.34. The van der Waals surface area contributed by atoms with Gasteiger partial charge in [0, 0.05) is 6.42 Å². The van der Waals surface area contributed by atoms with Crippen LogP contribution in [0.4, 0.5) is 4.79 Å². The summed E-state index contributed by atoms with van der Waals surface area (Å²) in [6, 6.07) is 3.36. The van der Waals surface area contributed by atoms with Crippen molar-refractivity contribution in [1.29, 1.82) is 0 Å². The molecule has 1 aromatic rings. The molecule has 1 aliphatic rings. The van der Waals surface area contributed by atoms with E-state index < -0.39 is 23.8 Å². The van der Waals surface area contributed by atoms with Crippen molar-refractivity contribution in [3.63, 3.8) is 0 Å². The average molecular weight is 386 g/mol. The molecule has 1 aliphatic carbocycles. The number of aromatic nitrogens is 1. The van der Waals surface area contributed by atoms with Crippen molar-refractivity contribution in [2.24, 2.45) is 0 Å². The third-order valence-electron chi connectivity index (χ3n) is 3.25. The van der Waals surface area contributed by atoms with E-state index in [0.29, 0.717) is 12.1 Å². The van der Waals surface area contributed by atoms with Gasteiger partial charge in [0.25, 0.3) is 0 Å². The summed E-state index contributed by atoms with van der Waals surface area (Å²) in [4.78, 5) is 23.6. The van der Waals surface area contributed by atoms with Crippen LogP contribution in [0.25, 0.3) is 0 Å². The minimum atomic E-state index is -0.701. The summed E-state index contributed by atoms with van der Waals surface area (Å²) in [6.07, 6.45) is 3.12. The molecule has 0 amide bonds. The van der Waals surface area contributed by atoms with Crippen LogP contribution in [-0.2, 0) is 14.2 Å². The van der Waals surface area contributed by atoms with E-state index in [-0.39, 0.29) is 6.04 Å². The Balaban J connectivity index is 2.04. The number of esters is 1. The van der Waals surface area contributed by atoms with Crippen molar-refractivity contribution in [2.45, 2.75) is 44.9 Å². The number of nitrogens with zero attached hydrogens (tertiary/aromatic N) is 1. The monoisotopic (exact) mass is 385 g/mol. The fraction of sp³-hybridized carbons (Fsp3) is 0.500. The summed E-state index contributed by atoms with van der Waals surface area (Å²) in [5.74, 6) is -0.416. The number of hydrogen-bond donors (Lipinski definition) is 0. The molecular weight excluding hydrogens is 366 g/mol. The van der Waals surface area contributed by atoms with Gasteiger partial charge in [-0.05, 0) is 54.9 Å². The van der Waals surface area contributed by atoms with E-state index in [1.165, 1.54) is 7.11 Å². The summed E-state index contributed by atoms with van der Waals surface area (Å²) in [5, 5.41) is 0. The van der Waals surface area contributed by atoms with E-state index in [1.807, 2.05) is 6.08 Å². The molecule has 2 atom stereocenters. The summed E-state index contributed by atoms with van der Waals surface area (Å²) in [7, 11) is 1.34. The van der Waals surface area contributed by atoms with Gasteiger partial charge < -0.3 is 18.8 Å². The van der Waals surface area contributed by atoms with Crippen LogP contribution in [0.3, 0.4) is 0 Å². The Bertz CT molecular complexity index is 629. The Morgan fingerprint density at radius 1 is 1.26 bits per heavy atom. The van der Waals surface area contributed by atoms with Crippen molar-refractivity contribution in [1.82, 2.24) is 4.57 Å². The molecule has 0 fully saturated rings. The van der Waals surface area contributed by atoms with Crippen molar-refractivity contribution in [3.05, 3.63) is 34.6 Å². The fourth-order valence-corrected chi connectivity index (χ4v) is 2.94. The molecule has 0 radical (unpaired) electrons. The molecule has 0 aromatic carbocycles. The molecule has 0 aliphatic heterocycles. The second kappa shape index (κ2) is 6.78. The van der Waals surface area contributed by atoms with Crippen LogP contribution in [0.15, 0.2) is 28.9 Å². The van der Waals surface area contributed by atoms with Gasteiger partial charge >= 0.3 is 12.1 Å². The van der Waals surface area contributed by atoms with Crippen LogP contribution in [0.1, 0.15) is 43.7 Å². The van der Waals surface area contributed by atoms with E-state index in [0.717, 1.165) is 4.60 Å². The average Bonchev–Trinajstić information content (AvgIpc) is 3.02. The number of halogens is 1. The summed E-state index contributed by atoms with van der Waals surface area (Å²) >= 11 is 3.42. The Morgan fingerprint density at radius 3 is 2.57 bits per heavy atom. The van der Waals surface area contributed by atoms with Crippen LogP contribution in [-0.4, -0.2) is 35.5 Å². The number of methoxy groups -OCH3 is 1. The molecule has 1 aromatic heterocycles. The van der Waals surface area contributed by atoms with Gasteiger partial charge in [0.2, 0.25) is 0 Å². The molecule has 1 heterocycles. The predicted octanol–water partition coefficient (Wildman–Crippen LogP) is 3.86. The highest BCUT2D eigenvalue weighted by atomic mass is 79.9. The number of hydrogen-bond acceptors (Lipinski definition) is 5. The standard InChI is InChI=1S/C16H20BrNO5/c1-16(2,3)23-15(20)22-11-6-5-10(9-11)18-12(14(19)21-4)7-8-13(18)17/h5-8,10-11H,9H2,1-4H3/t10?,11-/m0/s1.